The van der Waals surface area contributed by atoms with Crippen molar-refractivity contribution in [1.82, 2.24) is 4.57 Å². The second kappa shape index (κ2) is 6.31. The lowest BCUT2D eigenvalue weighted by molar-refractivity contribution is 0.0698. The van der Waals surface area contributed by atoms with Crippen LogP contribution in [0.25, 0.3) is 10.9 Å². The van der Waals surface area contributed by atoms with Crippen molar-refractivity contribution in [3.05, 3.63) is 34.5 Å². The van der Waals surface area contributed by atoms with E-state index in [9.17, 15) is 9.90 Å². The van der Waals surface area contributed by atoms with Crippen LogP contribution in [-0.4, -0.2) is 27.4 Å². The third kappa shape index (κ3) is 2.68. The SMILES string of the molecule is CCc1cc(C(=O)O)c2c(c1)c(CCCO)c(C)n2CC. The van der Waals surface area contributed by atoms with E-state index in [4.69, 9.17) is 5.11 Å². The molecule has 2 N–H and O–H groups in total. The number of aliphatic hydroxyl groups is 1. The zero-order valence-electron chi connectivity index (χ0n) is 12.9. The molecule has 0 aliphatic heterocycles. The summed E-state index contributed by atoms with van der Waals surface area (Å²) in [6, 6.07) is 3.89. The molecule has 0 amide bonds. The number of fused-ring (bicyclic) bond motifs is 1. The molecule has 21 heavy (non-hydrogen) atoms. The molecular weight excluding hydrogens is 266 g/mol. The van der Waals surface area contributed by atoms with Gasteiger partial charge in [0.15, 0.2) is 0 Å². The molecule has 0 radical (unpaired) electrons. The number of carboxylic acids is 1. The van der Waals surface area contributed by atoms with Crippen molar-refractivity contribution in [2.24, 2.45) is 0 Å². The van der Waals surface area contributed by atoms with Crippen LogP contribution in [0.3, 0.4) is 0 Å². The highest BCUT2D eigenvalue weighted by atomic mass is 16.4. The van der Waals surface area contributed by atoms with Crippen molar-refractivity contribution >= 4 is 16.9 Å². The van der Waals surface area contributed by atoms with E-state index in [1.54, 1.807) is 6.07 Å². The Kier molecular flexibility index (Phi) is 4.68. The largest absolute Gasteiger partial charge is 0.478 e. The number of carbonyl (C=O) groups is 1. The standard InChI is InChI=1S/C17H23NO3/c1-4-12-9-14-13(7-6-8-19)11(3)18(5-2)16(14)15(10-12)17(20)21/h9-10,19H,4-8H2,1-3H3,(H,20,21). The molecule has 4 nitrogen and oxygen atoms in total. The molecule has 4 heteroatoms. The van der Waals surface area contributed by atoms with Crippen LogP contribution in [0.5, 0.6) is 0 Å². The molecule has 1 aromatic heterocycles. The van der Waals surface area contributed by atoms with E-state index in [-0.39, 0.29) is 6.61 Å². The fourth-order valence-electron chi connectivity index (χ4n) is 3.07. The molecule has 0 aliphatic rings. The third-order valence-corrected chi connectivity index (χ3v) is 4.15. The Labute approximate surface area is 125 Å². The molecule has 0 atom stereocenters. The van der Waals surface area contributed by atoms with Crippen molar-refractivity contribution in [3.63, 3.8) is 0 Å². The number of aryl methyl sites for hydroxylation is 3. The zero-order valence-corrected chi connectivity index (χ0v) is 12.9. The second-order valence-corrected chi connectivity index (χ2v) is 5.33. The fraction of sp³-hybridized carbons (Fsp3) is 0.471. The van der Waals surface area contributed by atoms with E-state index in [0.29, 0.717) is 12.0 Å². The first-order valence-electron chi connectivity index (χ1n) is 7.53. The first-order valence-corrected chi connectivity index (χ1v) is 7.53. The number of aliphatic hydroxyl groups excluding tert-OH is 1. The minimum atomic E-state index is -0.879. The van der Waals surface area contributed by atoms with Crippen LogP contribution in [-0.2, 0) is 19.4 Å². The highest BCUT2D eigenvalue weighted by Crippen LogP contribution is 2.31. The van der Waals surface area contributed by atoms with Gasteiger partial charge in [-0.1, -0.05) is 6.92 Å². The van der Waals surface area contributed by atoms with Gasteiger partial charge in [-0.2, -0.15) is 0 Å². The van der Waals surface area contributed by atoms with Crippen LogP contribution in [0.4, 0.5) is 0 Å². The van der Waals surface area contributed by atoms with Gasteiger partial charge >= 0.3 is 5.97 Å². The second-order valence-electron chi connectivity index (χ2n) is 5.33. The molecule has 1 heterocycles. The highest BCUT2D eigenvalue weighted by molar-refractivity contribution is 6.04. The fourth-order valence-corrected chi connectivity index (χ4v) is 3.07. The van der Waals surface area contributed by atoms with Crippen LogP contribution in [0, 0.1) is 6.92 Å². The summed E-state index contributed by atoms with van der Waals surface area (Å²) in [4.78, 5) is 11.6. The number of carboxylic acid groups (broad SMARTS) is 1. The van der Waals surface area contributed by atoms with Crippen LogP contribution < -0.4 is 0 Å². The quantitative estimate of drug-likeness (QED) is 0.858. The lowest BCUT2D eigenvalue weighted by Crippen LogP contribution is -2.04. The number of aromatic carboxylic acids is 1. The van der Waals surface area contributed by atoms with E-state index in [1.165, 1.54) is 5.56 Å². The summed E-state index contributed by atoms with van der Waals surface area (Å²) in [6.07, 6.45) is 2.28. The third-order valence-electron chi connectivity index (χ3n) is 4.15. The van der Waals surface area contributed by atoms with Crippen LogP contribution in [0.2, 0.25) is 0 Å². The lowest BCUT2D eigenvalue weighted by atomic mass is 10.00. The summed E-state index contributed by atoms with van der Waals surface area (Å²) < 4.78 is 2.07. The van der Waals surface area contributed by atoms with Crippen molar-refractivity contribution in [2.45, 2.75) is 46.6 Å². The normalized spacial score (nSPS) is 11.2. The first kappa shape index (κ1) is 15.6. The Morgan fingerprint density at radius 1 is 1.29 bits per heavy atom. The van der Waals surface area contributed by atoms with Crippen molar-refractivity contribution < 1.29 is 15.0 Å². The first-order chi connectivity index (χ1) is 10.0. The zero-order chi connectivity index (χ0) is 15.6. The van der Waals surface area contributed by atoms with Gasteiger partial charge in [-0.15, -0.1) is 0 Å². The Morgan fingerprint density at radius 3 is 2.52 bits per heavy atom. The maximum absolute atomic E-state index is 11.6. The summed E-state index contributed by atoms with van der Waals surface area (Å²) in [5, 5.41) is 19.7. The van der Waals surface area contributed by atoms with Gasteiger partial charge in [0.2, 0.25) is 0 Å². The molecule has 114 valence electrons. The number of aromatic nitrogens is 1. The average Bonchev–Trinajstić information content (AvgIpc) is 2.75. The molecule has 0 bridgehead atoms. The minimum Gasteiger partial charge on any atom is -0.478 e. The van der Waals surface area contributed by atoms with Crippen LogP contribution in [0.1, 0.15) is 47.4 Å². The topological polar surface area (TPSA) is 62.5 Å². The Morgan fingerprint density at radius 2 is 2.00 bits per heavy atom. The van der Waals surface area contributed by atoms with Gasteiger partial charge in [0.25, 0.3) is 0 Å². The van der Waals surface area contributed by atoms with Gasteiger partial charge in [0, 0.05) is 24.2 Å². The Hall–Kier alpha value is -1.81. The van der Waals surface area contributed by atoms with Crippen molar-refractivity contribution in [1.29, 1.82) is 0 Å². The van der Waals surface area contributed by atoms with Gasteiger partial charge in [-0.25, -0.2) is 4.79 Å². The van der Waals surface area contributed by atoms with Crippen molar-refractivity contribution in [3.8, 4) is 0 Å². The number of hydrogen-bond acceptors (Lipinski definition) is 2. The maximum atomic E-state index is 11.6. The van der Waals surface area contributed by atoms with E-state index >= 15 is 0 Å². The Bertz CT molecular complexity index is 670. The molecule has 0 saturated heterocycles. The number of rotatable bonds is 6. The molecule has 2 aromatic rings. The van der Waals surface area contributed by atoms with Gasteiger partial charge in [0.1, 0.15) is 0 Å². The monoisotopic (exact) mass is 289 g/mol. The van der Waals surface area contributed by atoms with Crippen molar-refractivity contribution in [2.75, 3.05) is 6.61 Å². The summed E-state index contributed by atoms with van der Waals surface area (Å²) in [7, 11) is 0. The minimum absolute atomic E-state index is 0.150. The van der Waals surface area contributed by atoms with E-state index in [2.05, 4.69) is 10.6 Å². The Balaban J connectivity index is 2.82. The predicted octanol–water partition coefficient (Wildman–Crippen LogP) is 3.16. The van der Waals surface area contributed by atoms with Crippen LogP contribution in [0.15, 0.2) is 12.1 Å². The number of hydrogen-bond donors (Lipinski definition) is 2. The van der Waals surface area contributed by atoms with Gasteiger partial charge < -0.3 is 14.8 Å². The molecule has 0 spiro atoms. The molecule has 2 rings (SSSR count). The predicted molar refractivity (Wildman–Crippen MR) is 84.1 cm³/mol. The molecule has 0 aliphatic carbocycles. The smallest absolute Gasteiger partial charge is 0.337 e. The molecule has 0 fully saturated rings. The maximum Gasteiger partial charge on any atom is 0.337 e. The lowest BCUT2D eigenvalue weighted by Gasteiger charge is -2.08. The van der Waals surface area contributed by atoms with E-state index < -0.39 is 5.97 Å². The molecule has 0 saturated carbocycles. The number of benzene rings is 1. The van der Waals surface area contributed by atoms with E-state index in [0.717, 1.165) is 41.5 Å². The summed E-state index contributed by atoms with van der Waals surface area (Å²) in [6.45, 7) is 6.99. The summed E-state index contributed by atoms with van der Waals surface area (Å²) >= 11 is 0. The molecular formula is C17H23NO3. The van der Waals surface area contributed by atoms with Gasteiger partial charge in [-0.05, 0) is 56.4 Å². The van der Waals surface area contributed by atoms with Crippen LogP contribution >= 0.6 is 0 Å². The van der Waals surface area contributed by atoms with Gasteiger partial charge in [0.05, 0.1) is 11.1 Å². The number of nitrogens with zero attached hydrogens (tertiary/aromatic N) is 1. The molecule has 0 unspecified atom stereocenters. The summed E-state index contributed by atoms with van der Waals surface area (Å²) in [5.74, 6) is -0.879. The summed E-state index contributed by atoms with van der Waals surface area (Å²) in [5.41, 5.74) is 4.51. The van der Waals surface area contributed by atoms with Gasteiger partial charge in [-0.3, -0.25) is 0 Å². The highest BCUT2D eigenvalue weighted by Gasteiger charge is 2.19. The molecule has 1 aromatic carbocycles. The van der Waals surface area contributed by atoms with E-state index in [1.807, 2.05) is 20.8 Å². The average molecular weight is 289 g/mol.